The minimum Gasteiger partial charge on any atom is -0.383 e. The second-order valence-corrected chi connectivity index (χ2v) is 7.96. The Bertz CT molecular complexity index is 1090. The Morgan fingerprint density at radius 3 is 2.74 bits per heavy atom. The number of amides is 2. The van der Waals surface area contributed by atoms with Crippen LogP contribution in [0.1, 0.15) is 24.0 Å². The molecule has 1 fully saturated rings. The number of carbonyl (C=O) groups excluding carboxylic acids is 2. The Morgan fingerprint density at radius 2 is 1.94 bits per heavy atom. The molecule has 1 saturated heterocycles. The second kappa shape index (κ2) is 9.14. The SMILES string of the molecule is Nc1nccc2ccc(CNC(=O)[C@@H]3CCCN3C(=O)[C@H](N)Cc3ccccc3)cc12. The fourth-order valence-electron chi connectivity index (χ4n) is 4.13. The maximum atomic E-state index is 12.9. The van der Waals surface area contributed by atoms with Crippen LogP contribution in [0.3, 0.4) is 0 Å². The standard InChI is InChI=1S/C24H27N5O2/c25-20(14-16-5-2-1-3-6-16)24(31)29-12-4-7-21(29)23(30)28-15-17-8-9-18-10-11-27-22(26)19(18)13-17/h1-3,5-6,8-11,13,20-21H,4,7,12,14-15,25H2,(H2,26,27)(H,28,30)/t20-,21+/m1/s1. The Labute approximate surface area is 181 Å². The van der Waals surface area contributed by atoms with E-state index >= 15 is 0 Å². The van der Waals surface area contributed by atoms with Crippen molar-refractivity contribution >= 4 is 28.4 Å². The summed E-state index contributed by atoms with van der Waals surface area (Å²) in [5.74, 6) is 0.133. The van der Waals surface area contributed by atoms with Gasteiger partial charge < -0.3 is 21.7 Å². The van der Waals surface area contributed by atoms with Crippen LogP contribution >= 0.6 is 0 Å². The number of nitrogens with zero attached hydrogens (tertiary/aromatic N) is 2. The number of benzene rings is 2. The van der Waals surface area contributed by atoms with Gasteiger partial charge in [-0.15, -0.1) is 0 Å². The fraction of sp³-hybridized carbons (Fsp3) is 0.292. The average Bonchev–Trinajstić information content (AvgIpc) is 3.28. The minimum absolute atomic E-state index is 0.156. The third kappa shape index (κ3) is 4.67. The molecule has 5 N–H and O–H groups in total. The first-order valence-corrected chi connectivity index (χ1v) is 10.5. The highest BCUT2D eigenvalue weighted by molar-refractivity contribution is 5.92. The first-order valence-electron chi connectivity index (χ1n) is 10.5. The van der Waals surface area contributed by atoms with Gasteiger partial charge in [0.05, 0.1) is 6.04 Å². The molecule has 0 saturated carbocycles. The van der Waals surface area contributed by atoms with Crippen LogP contribution in [0, 0.1) is 0 Å². The molecule has 2 amide bonds. The number of aromatic nitrogens is 1. The number of nitrogens with one attached hydrogen (secondary N) is 1. The van der Waals surface area contributed by atoms with Crippen molar-refractivity contribution < 1.29 is 9.59 Å². The van der Waals surface area contributed by atoms with Crippen molar-refractivity contribution in [3.8, 4) is 0 Å². The van der Waals surface area contributed by atoms with Gasteiger partial charge in [-0.3, -0.25) is 9.59 Å². The van der Waals surface area contributed by atoms with E-state index in [0.29, 0.717) is 31.7 Å². The Morgan fingerprint density at radius 1 is 1.13 bits per heavy atom. The lowest BCUT2D eigenvalue weighted by Gasteiger charge is -2.26. The molecule has 2 atom stereocenters. The van der Waals surface area contributed by atoms with Crippen LogP contribution in [0.2, 0.25) is 0 Å². The summed E-state index contributed by atoms with van der Waals surface area (Å²) in [4.78, 5) is 31.5. The first kappa shape index (κ1) is 20.8. The van der Waals surface area contributed by atoms with Crippen molar-refractivity contribution in [1.29, 1.82) is 0 Å². The van der Waals surface area contributed by atoms with Crippen molar-refractivity contribution in [1.82, 2.24) is 15.2 Å². The summed E-state index contributed by atoms with van der Waals surface area (Å²) in [7, 11) is 0. The van der Waals surface area contributed by atoms with Gasteiger partial charge in [-0.2, -0.15) is 0 Å². The topological polar surface area (TPSA) is 114 Å². The number of rotatable bonds is 6. The van der Waals surface area contributed by atoms with E-state index in [0.717, 1.165) is 28.3 Å². The average molecular weight is 418 g/mol. The Kier molecular flexibility index (Phi) is 6.13. The third-order valence-corrected chi connectivity index (χ3v) is 5.78. The third-order valence-electron chi connectivity index (χ3n) is 5.78. The molecule has 1 aliphatic rings. The molecule has 0 spiro atoms. The summed E-state index contributed by atoms with van der Waals surface area (Å²) in [5.41, 5.74) is 14.1. The first-order chi connectivity index (χ1) is 15.0. The van der Waals surface area contributed by atoms with Crippen LogP contribution in [-0.4, -0.2) is 40.3 Å². The van der Waals surface area contributed by atoms with Crippen LogP contribution in [0.5, 0.6) is 0 Å². The van der Waals surface area contributed by atoms with Crippen LogP contribution in [0.25, 0.3) is 10.8 Å². The molecule has 4 rings (SSSR count). The molecule has 31 heavy (non-hydrogen) atoms. The molecular weight excluding hydrogens is 390 g/mol. The lowest BCUT2D eigenvalue weighted by Crippen LogP contribution is -2.51. The molecule has 2 aromatic carbocycles. The number of hydrogen-bond acceptors (Lipinski definition) is 5. The van der Waals surface area contributed by atoms with E-state index in [1.54, 1.807) is 11.1 Å². The molecule has 7 heteroatoms. The summed E-state index contributed by atoms with van der Waals surface area (Å²) in [6.45, 7) is 0.912. The number of hydrogen-bond donors (Lipinski definition) is 3. The van der Waals surface area contributed by atoms with E-state index in [9.17, 15) is 9.59 Å². The molecule has 2 heterocycles. The second-order valence-electron chi connectivity index (χ2n) is 7.96. The van der Waals surface area contributed by atoms with Crippen molar-refractivity contribution in [2.75, 3.05) is 12.3 Å². The normalized spacial score (nSPS) is 16.9. The predicted octanol–water partition coefficient (Wildman–Crippen LogP) is 1.99. The maximum absolute atomic E-state index is 12.9. The molecule has 0 radical (unpaired) electrons. The Balaban J connectivity index is 1.38. The van der Waals surface area contributed by atoms with Gasteiger partial charge in [-0.05, 0) is 47.9 Å². The lowest BCUT2D eigenvalue weighted by atomic mass is 10.0. The van der Waals surface area contributed by atoms with Gasteiger partial charge in [0.1, 0.15) is 11.9 Å². The minimum atomic E-state index is -0.660. The van der Waals surface area contributed by atoms with Crippen LogP contribution < -0.4 is 16.8 Å². The summed E-state index contributed by atoms with van der Waals surface area (Å²) in [6, 6.07) is 16.3. The van der Waals surface area contributed by atoms with Gasteiger partial charge in [0.25, 0.3) is 0 Å². The number of likely N-dealkylation sites (tertiary alicyclic amines) is 1. The zero-order chi connectivity index (χ0) is 21.8. The summed E-state index contributed by atoms with van der Waals surface area (Å²) in [5, 5.41) is 4.83. The Hall–Kier alpha value is -3.45. The van der Waals surface area contributed by atoms with Gasteiger partial charge in [-0.1, -0.05) is 42.5 Å². The van der Waals surface area contributed by atoms with E-state index in [1.165, 1.54) is 0 Å². The number of nitrogens with two attached hydrogens (primary N) is 2. The monoisotopic (exact) mass is 417 g/mol. The predicted molar refractivity (Wildman–Crippen MR) is 121 cm³/mol. The van der Waals surface area contributed by atoms with Gasteiger partial charge >= 0.3 is 0 Å². The van der Waals surface area contributed by atoms with Crippen molar-refractivity contribution in [2.45, 2.75) is 37.9 Å². The van der Waals surface area contributed by atoms with E-state index in [4.69, 9.17) is 11.5 Å². The van der Waals surface area contributed by atoms with Gasteiger partial charge in [0, 0.05) is 24.7 Å². The fourth-order valence-corrected chi connectivity index (χ4v) is 4.13. The molecule has 0 bridgehead atoms. The van der Waals surface area contributed by atoms with E-state index in [2.05, 4.69) is 10.3 Å². The maximum Gasteiger partial charge on any atom is 0.243 e. The van der Waals surface area contributed by atoms with Crippen LogP contribution in [-0.2, 0) is 22.6 Å². The number of pyridine rings is 1. The number of anilines is 1. The summed E-state index contributed by atoms with van der Waals surface area (Å²) < 4.78 is 0. The van der Waals surface area contributed by atoms with Crippen LogP contribution in [0.4, 0.5) is 5.82 Å². The summed E-state index contributed by atoms with van der Waals surface area (Å²) >= 11 is 0. The summed E-state index contributed by atoms with van der Waals surface area (Å²) in [6.07, 6.45) is 3.56. The van der Waals surface area contributed by atoms with E-state index in [-0.39, 0.29) is 11.8 Å². The number of carbonyl (C=O) groups is 2. The highest BCUT2D eigenvalue weighted by Gasteiger charge is 2.36. The molecule has 7 nitrogen and oxygen atoms in total. The largest absolute Gasteiger partial charge is 0.383 e. The van der Waals surface area contributed by atoms with Crippen molar-refractivity contribution in [2.24, 2.45) is 5.73 Å². The molecule has 1 aromatic heterocycles. The zero-order valence-corrected chi connectivity index (χ0v) is 17.3. The van der Waals surface area contributed by atoms with Crippen LogP contribution in [0.15, 0.2) is 60.8 Å². The quantitative estimate of drug-likeness (QED) is 0.568. The van der Waals surface area contributed by atoms with Gasteiger partial charge in [0.15, 0.2) is 0 Å². The number of nitrogen functional groups attached to an aromatic ring is 1. The van der Waals surface area contributed by atoms with Crippen molar-refractivity contribution in [3.05, 3.63) is 71.9 Å². The van der Waals surface area contributed by atoms with Crippen molar-refractivity contribution in [3.63, 3.8) is 0 Å². The molecule has 0 aliphatic carbocycles. The van der Waals surface area contributed by atoms with E-state index < -0.39 is 12.1 Å². The highest BCUT2D eigenvalue weighted by atomic mass is 16.2. The molecular formula is C24H27N5O2. The molecule has 1 aliphatic heterocycles. The molecule has 160 valence electrons. The zero-order valence-electron chi connectivity index (χ0n) is 17.3. The smallest absolute Gasteiger partial charge is 0.243 e. The highest BCUT2D eigenvalue weighted by Crippen LogP contribution is 2.21. The molecule has 0 unspecified atom stereocenters. The molecule has 3 aromatic rings. The van der Waals surface area contributed by atoms with E-state index in [1.807, 2.05) is 54.6 Å². The van der Waals surface area contributed by atoms with Gasteiger partial charge in [-0.25, -0.2) is 4.98 Å². The lowest BCUT2D eigenvalue weighted by molar-refractivity contribution is -0.139. The van der Waals surface area contributed by atoms with Gasteiger partial charge in [0.2, 0.25) is 11.8 Å². The number of fused-ring (bicyclic) bond motifs is 1.